The number of carbonyl (C=O) groups is 1. The van der Waals surface area contributed by atoms with Crippen LogP contribution >= 0.6 is 0 Å². The predicted octanol–water partition coefficient (Wildman–Crippen LogP) is 1.33. The molecule has 1 amide bonds. The maximum Gasteiger partial charge on any atom is 0.253 e. The molecular formula is C17H25N3O. The van der Waals surface area contributed by atoms with E-state index >= 15 is 0 Å². The number of benzene rings is 1. The first-order chi connectivity index (χ1) is 9.95. The largest absolute Gasteiger partial charge is 0.342 e. The normalized spacial score (nSPS) is 10.2. The van der Waals surface area contributed by atoms with E-state index in [1.54, 1.807) is 4.90 Å². The van der Waals surface area contributed by atoms with Crippen molar-refractivity contribution in [1.82, 2.24) is 9.80 Å². The van der Waals surface area contributed by atoms with E-state index in [0.29, 0.717) is 12.1 Å². The molecule has 0 saturated heterocycles. The molecule has 0 saturated carbocycles. The third-order valence-electron chi connectivity index (χ3n) is 3.26. The SMILES string of the molecule is Cc1ccc(C(=O)N(C)CCCN(C)C)cc1C#CCN. The van der Waals surface area contributed by atoms with Gasteiger partial charge in [0.2, 0.25) is 0 Å². The topological polar surface area (TPSA) is 49.6 Å². The van der Waals surface area contributed by atoms with E-state index in [1.807, 2.05) is 46.3 Å². The molecule has 0 atom stereocenters. The van der Waals surface area contributed by atoms with E-state index in [4.69, 9.17) is 5.73 Å². The Morgan fingerprint density at radius 1 is 1.24 bits per heavy atom. The number of nitrogens with two attached hydrogens (primary N) is 1. The lowest BCUT2D eigenvalue weighted by molar-refractivity contribution is 0.0790. The van der Waals surface area contributed by atoms with Gasteiger partial charge in [0.25, 0.3) is 5.91 Å². The van der Waals surface area contributed by atoms with Crippen LogP contribution < -0.4 is 5.73 Å². The molecule has 1 aromatic carbocycles. The fourth-order valence-electron chi connectivity index (χ4n) is 1.98. The minimum Gasteiger partial charge on any atom is -0.342 e. The molecule has 114 valence electrons. The van der Waals surface area contributed by atoms with Crippen LogP contribution in [0.2, 0.25) is 0 Å². The summed E-state index contributed by atoms with van der Waals surface area (Å²) < 4.78 is 0. The number of hydrogen-bond acceptors (Lipinski definition) is 3. The Hall–Kier alpha value is -1.83. The van der Waals surface area contributed by atoms with Crippen LogP contribution in [0.4, 0.5) is 0 Å². The highest BCUT2D eigenvalue weighted by molar-refractivity contribution is 5.94. The van der Waals surface area contributed by atoms with Gasteiger partial charge in [0.05, 0.1) is 6.54 Å². The molecule has 0 aliphatic carbocycles. The van der Waals surface area contributed by atoms with Gasteiger partial charge < -0.3 is 15.5 Å². The molecule has 0 fully saturated rings. The molecule has 0 aromatic heterocycles. The van der Waals surface area contributed by atoms with Gasteiger partial charge in [0.15, 0.2) is 0 Å². The zero-order chi connectivity index (χ0) is 15.8. The molecule has 4 heteroatoms. The molecule has 0 radical (unpaired) electrons. The van der Waals surface area contributed by atoms with Crippen LogP contribution in [0.5, 0.6) is 0 Å². The summed E-state index contributed by atoms with van der Waals surface area (Å²) in [6.07, 6.45) is 0.959. The predicted molar refractivity (Wildman–Crippen MR) is 87.2 cm³/mol. The number of rotatable bonds is 5. The molecule has 1 aromatic rings. The molecule has 1 rings (SSSR count). The second-order valence-corrected chi connectivity index (χ2v) is 5.42. The van der Waals surface area contributed by atoms with Gasteiger partial charge in [0.1, 0.15) is 0 Å². The van der Waals surface area contributed by atoms with E-state index in [-0.39, 0.29) is 5.91 Å². The quantitative estimate of drug-likeness (QED) is 0.831. The molecular weight excluding hydrogens is 262 g/mol. The van der Waals surface area contributed by atoms with Gasteiger partial charge in [-0.15, -0.1) is 0 Å². The Balaban J connectivity index is 2.77. The molecule has 0 unspecified atom stereocenters. The zero-order valence-corrected chi connectivity index (χ0v) is 13.4. The van der Waals surface area contributed by atoms with Crippen molar-refractivity contribution in [2.24, 2.45) is 5.73 Å². The number of aryl methyl sites for hydroxylation is 1. The third-order valence-corrected chi connectivity index (χ3v) is 3.26. The van der Waals surface area contributed by atoms with Crippen molar-refractivity contribution < 1.29 is 4.79 Å². The molecule has 0 heterocycles. The highest BCUT2D eigenvalue weighted by Gasteiger charge is 2.12. The third kappa shape index (κ3) is 5.58. The Bertz CT molecular complexity index is 541. The molecule has 0 spiro atoms. The first-order valence-electron chi connectivity index (χ1n) is 7.15. The van der Waals surface area contributed by atoms with E-state index in [9.17, 15) is 4.79 Å². The number of nitrogens with zero attached hydrogens (tertiary/aromatic N) is 2. The number of hydrogen-bond donors (Lipinski definition) is 1. The lowest BCUT2D eigenvalue weighted by Gasteiger charge is -2.19. The van der Waals surface area contributed by atoms with E-state index in [1.165, 1.54) is 0 Å². The summed E-state index contributed by atoms with van der Waals surface area (Å²) in [7, 11) is 5.90. The second kappa shape index (κ2) is 8.46. The fraction of sp³-hybridized carbons (Fsp3) is 0.471. The van der Waals surface area contributed by atoms with Crippen molar-refractivity contribution in [3.63, 3.8) is 0 Å². The number of amides is 1. The summed E-state index contributed by atoms with van der Waals surface area (Å²) >= 11 is 0. The smallest absolute Gasteiger partial charge is 0.253 e. The summed E-state index contributed by atoms with van der Waals surface area (Å²) in [4.78, 5) is 16.3. The minimum atomic E-state index is 0.0320. The summed E-state index contributed by atoms with van der Waals surface area (Å²) in [5.41, 5.74) is 8.00. The maximum absolute atomic E-state index is 12.4. The monoisotopic (exact) mass is 287 g/mol. The lowest BCUT2D eigenvalue weighted by atomic mass is 10.0. The van der Waals surface area contributed by atoms with Crippen LogP contribution in [0.1, 0.15) is 27.9 Å². The minimum absolute atomic E-state index is 0.0320. The Labute approximate surface area is 127 Å². The average molecular weight is 287 g/mol. The van der Waals surface area contributed by atoms with Crippen LogP contribution in [-0.4, -0.2) is 56.5 Å². The van der Waals surface area contributed by atoms with Crippen molar-refractivity contribution in [3.05, 3.63) is 34.9 Å². The first kappa shape index (κ1) is 17.2. The van der Waals surface area contributed by atoms with Crippen LogP contribution in [0.25, 0.3) is 0 Å². The summed E-state index contributed by atoms with van der Waals surface area (Å²) in [6, 6.07) is 5.64. The average Bonchev–Trinajstić information content (AvgIpc) is 2.45. The maximum atomic E-state index is 12.4. The fourth-order valence-corrected chi connectivity index (χ4v) is 1.98. The van der Waals surface area contributed by atoms with Gasteiger partial charge in [-0.1, -0.05) is 17.9 Å². The molecule has 0 bridgehead atoms. The molecule has 21 heavy (non-hydrogen) atoms. The van der Waals surface area contributed by atoms with Gasteiger partial charge in [0, 0.05) is 24.7 Å². The van der Waals surface area contributed by atoms with E-state index in [2.05, 4.69) is 16.7 Å². The van der Waals surface area contributed by atoms with Crippen LogP contribution in [0.3, 0.4) is 0 Å². The van der Waals surface area contributed by atoms with Crippen molar-refractivity contribution in [2.45, 2.75) is 13.3 Å². The Morgan fingerprint density at radius 3 is 2.57 bits per heavy atom. The van der Waals surface area contributed by atoms with Gasteiger partial charge >= 0.3 is 0 Å². The van der Waals surface area contributed by atoms with E-state index in [0.717, 1.165) is 30.6 Å². The van der Waals surface area contributed by atoms with Gasteiger partial charge in [-0.2, -0.15) is 0 Å². The second-order valence-electron chi connectivity index (χ2n) is 5.42. The summed E-state index contributed by atoms with van der Waals surface area (Å²) in [5.74, 6) is 5.88. The molecule has 0 aliphatic heterocycles. The van der Waals surface area contributed by atoms with Crippen molar-refractivity contribution in [1.29, 1.82) is 0 Å². The zero-order valence-electron chi connectivity index (χ0n) is 13.4. The number of carbonyl (C=O) groups excluding carboxylic acids is 1. The van der Waals surface area contributed by atoms with Crippen LogP contribution in [-0.2, 0) is 0 Å². The summed E-state index contributed by atoms with van der Waals surface area (Å²) in [6.45, 7) is 4.02. The van der Waals surface area contributed by atoms with Gasteiger partial charge in [-0.3, -0.25) is 4.79 Å². The van der Waals surface area contributed by atoms with Crippen molar-refractivity contribution in [2.75, 3.05) is 40.8 Å². The highest BCUT2D eigenvalue weighted by atomic mass is 16.2. The van der Waals surface area contributed by atoms with Crippen LogP contribution in [0.15, 0.2) is 18.2 Å². The van der Waals surface area contributed by atoms with Crippen LogP contribution in [0, 0.1) is 18.8 Å². The molecule has 4 nitrogen and oxygen atoms in total. The van der Waals surface area contributed by atoms with Crippen molar-refractivity contribution >= 4 is 5.91 Å². The van der Waals surface area contributed by atoms with Gasteiger partial charge in [-0.05, 0) is 51.7 Å². The lowest BCUT2D eigenvalue weighted by Crippen LogP contribution is -2.29. The van der Waals surface area contributed by atoms with E-state index < -0.39 is 0 Å². The Kier molecular flexibility index (Phi) is 6.93. The standard InChI is InChI=1S/C17H25N3O/c1-14-8-9-16(13-15(14)7-5-10-18)17(21)20(4)12-6-11-19(2)3/h8-9,13H,6,10-12,18H2,1-4H3. The first-order valence-corrected chi connectivity index (χ1v) is 7.15. The van der Waals surface area contributed by atoms with Crippen molar-refractivity contribution in [3.8, 4) is 11.8 Å². The summed E-state index contributed by atoms with van der Waals surface area (Å²) in [5, 5.41) is 0. The molecule has 0 aliphatic rings. The highest BCUT2D eigenvalue weighted by Crippen LogP contribution is 2.12. The van der Waals surface area contributed by atoms with Gasteiger partial charge in [-0.25, -0.2) is 0 Å². The Morgan fingerprint density at radius 2 is 1.95 bits per heavy atom. The molecule has 2 N–H and O–H groups in total.